The summed E-state index contributed by atoms with van der Waals surface area (Å²) in [4.78, 5) is 27.9. The molecular weight excluding hydrogens is 458 g/mol. The average Bonchev–Trinajstić information content (AvgIpc) is 2.90. The van der Waals surface area contributed by atoms with Crippen LogP contribution in [0.2, 0.25) is 0 Å². The minimum Gasteiger partial charge on any atom is -0.391 e. The first-order valence-electron chi connectivity index (χ1n) is 11.5. The number of nitrogens with one attached hydrogen (secondary N) is 4. The van der Waals surface area contributed by atoms with Crippen molar-refractivity contribution in [3.63, 3.8) is 0 Å². The first kappa shape index (κ1) is 26.6. The summed E-state index contributed by atoms with van der Waals surface area (Å²) in [6.45, 7) is 6.28. The fourth-order valence-electron chi connectivity index (χ4n) is 3.54. The number of amides is 2. The Balaban J connectivity index is 1.50. The molecule has 0 saturated heterocycles. The van der Waals surface area contributed by atoms with Crippen molar-refractivity contribution in [2.24, 2.45) is 0 Å². The van der Waals surface area contributed by atoms with E-state index < -0.39 is 18.1 Å². The number of hydrogen-bond acceptors (Lipinski definition) is 7. The number of hydrogen-bond donors (Lipinski definition) is 6. The third kappa shape index (κ3) is 7.74. The summed E-state index contributed by atoms with van der Waals surface area (Å²) in [7, 11) is 0. The second-order valence-corrected chi connectivity index (χ2v) is 8.30. The number of pyridine rings is 1. The molecule has 0 radical (unpaired) electrons. The summed E-state index contributed by atoms with van der Waals surface area (Å²) in [5.41, 5.74) is 6.50. The molecule has 188 valence electrons. The lowest BCUT2D eigenvalue weighted by molar-refractivity contribution is -0.133. The van der Waals surface area contributed by atoms with Gasteiger partial charge >= 0.3 is 0 Å². The quantitative estimate of drug-likeness (QED) is 0.131. The second kappa shape index (κ2) is 13.1. The van der Waals surface area contributed by atoms with Gasteiger partial charge in [0.1, 0.15) is 6.04 Å². The number of carbonyl (C=O) groups is 2. The van der Waals surface area contributed by atoms with E-state index in [1.54, 1.807) is 12.4 Å². The fourth-order valence-corrected chi connectivity index (χ4v) is 3.54. The van der Waals surface area contributed by atoms with E-state index in [1.165, 1.54) is 18.0 Å². The van der Waals surface area contributed by atoms with E-state index in [2.05, 4.69) is 27.5 Å². The largest absolute Gasteiger partial charge is 0.391 e. The summed E-state index contributed by atoms with van der Waals surface area (Å²) >= 11 is 0. The molecule has 1 heterocycles. The first-order valence-corrected chi connectivity index (χ1v) is 11.5. The molecule has 0 aliphatic rings. The lowest BCUT2D eigenvalue weighted by atomic mass is 10.0. The van der Waals surface area contributed by atoms with E-state index in [4.69, 9.17) is 5.21 Å². The highest BCUT2D eigenvalue weighted by Crippen LogP contribution is 2.23. The van der Waals surface area contributed by atoms with Gasteiger partial charge in [0.05, 0.1) is 12.6 Å². The van der Waals surface area contributed by atoms with Crippen molar-refractivity contribution in [3.05, 3.63) is 90.8 Å². The Morgan fingerprint density at radius 2 is 1.58 bits per heavy atom. The van der Waals surface area contributed by atoms with Crippen molar-refractivity contribution >= 4 is 23.2 Å². The van der Waals surface area contributed by atoms with Crippen LogP contribution in [-0.2, 0) is 16.0 Å². The molecule has 0 spiro atoms. The van der Waals surface area contributed by atoms with Crippen molar-refractivity contribution < 1.29 is 19.9 Å². The van der Waals surface area contributed by atoms with Gasteiger partial charge in [-0.15, -0.1) is 0 Å². The van der Waals surface area contributed by atoms with Gasteiger partial charge in [-0.1, -0.05) is 43.0 Å². The molecule has 3 rings (SSSR count). The molecule has 9 heteroatoms. The monoisotopic (exact) mass is 489 g/mol. The van der Waals surface area contributed by atoms with Gasteiger partial charge in [0, 0.05) is 23.8 Å². The third-order valence-electron chi connectivity index (χ3n) is 5.57. The molecule has 36 heavy (non-hydrogen) atoms. The maximum absolute atomic E-state index is 12.2. The highest BCUT2D eigenvalue weighted by molar-refractivity contribution is 5.92. The van der Waals surface area contributed by atoms with E-state index in [9.17, 15) is 14.7 Å². The highest BCUT2D eigenvalue weighted by atomic mass is 16.5. The summed E-state index contributed by atoms with van der Waals surface area (Å²) in [6.07, 6.45) is 3.30. The van der Waals surface area contributed by atoms with Crippen LogP contribution >= 0.6 is 0 Å². The predicted molar refractivity (Wildman–Crippen MR) is 139 cm³/mol. The molecule has 9 nitrogen and oxygen atoms in total. The first-order chi connectivity index (χ1) is 17.4. The molecule has 2 amide bonds. The molecule has 3 aromatic rings. The van der Waals surface area contributed by atoms with E-state index in [0.29, 0.717) is 17.9 Å². The number of aromatic nitrogens is 1. The zero-order valence-electron chi connectivity index (χ0n) is 20.1. The van der Waals surface area contributed by atoms with Gasteiger partial charge in [-0.2, -0.15) is 0 Å². The van der Waals surface area contributed by atoms with Crippen LogP contribution < -0.4 is 21.4 Å². The summed E-state index contributed by atoms with van der Waals surface area (Å²) in [6, 6.07) is 17.9. The Morgan fingerprint density at radius 1 is 0.972 bits per heavy atom. The fraction of sp³-hybridized carbons (Fsp3) is 0.222. The number of rotatable bonds is 12. The topological polar surface area (TPSA) is 136 Å². The maximum Gasteiger partial charge on any atom is 0.268 e. The van der Waals surface area contributed by atoms with Gasteiger partial charge < -0.3 is 21.1 Å². The van der Waals surface area contributed by atoms with Crippen LogP contribution in [0.4, 0.5) is 5.69 Å². The number of anilines is 1. The molecule has 6 N–H and O–H groups in total. The molecule has 0 saturated carbocycles. The Kier molecular flexibility index (Phi) is 9.70. The molecule has 0 fully saturated rings. The van der Waals surface area contributed by atoms with Gasteiger partial charge in [0.25, 0.3) is 5.91 Å². The van der Waals surface area contributed by atoms with Gasteiger partial charge in [-0.3, -0.25) is 19.8 Å². The lowest BCUT2D eigenvalue weighted by Crippen LogP contribution is -2.48. The lowest BCUT2D eigenvalue weighted by Gasteiger charge is -2.22. The van der Waals surface area contributed by atoms with Crippen molar-refractivity contribution in [2.45, 2.75) is 25.5 Å². The Bertz CT molecular complexity index is 1150. The SMILES string of the molecule is C=C(N[C@H](C(=O)NO)[C@@H](C)O)c1ccc(-c2ccc(NC(=O)CNCCc3ccncc3)cc2)cc1. The van der Waals surface area contributed by atoms with Crippen molar-refractivity contribution in [1.29, 1.82) is 0 Å². The Labute approximate surface area is 210 Å². The summed E-state index contributed by atoms with van der Waals surface area (Å²) in [5.74, 6) is -0.867. The van der Waals surface area contributed by atoms with Crippen LogP contribution in [0.5, 0.6) is 0 Å². The van der Waals surface area contributed by atoms with Crippen LogP contribution in [-0.4, -0.2) is 52.3 Å². The molecule has 0 aliphatic heterocycles. The zero-order valence-corrected chi connectivity index (χ0v) is 20.1. The predicted octanol–water partition coefficient (Wildman–Crippen LogP) is 2.33. The minimum absolute atomic E-state index is 0.113. The van der Waals surface area contributed by atoms with E-state index in [1.807, 2.05) is 60.7 Å². The van der Waals surface area contributed by atoms with Crippen LogP contribution in [0.3, 0.4) is 0 Å². The van der Waals surface area contributed by atoms with Crippen molar-refractivity contribution in [3.8, 4) is 11.1 Å². The number of carbonyl (C=O) groups excluding carboxylic acids is 2. The maximum atomic E-state index is 12.2. The van der Waals surface area contributed by atoms with Crippen molar-refractivity contribution in [2.75, 3.05) is 18.4 Å². The highest BCUT2D eigenvalue weighted by Gasteiger charge is 2.23. The van der Waals surface area contributed by atoms with E-state index in [0.717, 1.165) is 23.1 Å². The summed E-state index contributed by atoms with van der Waals surface area (Å²) < 4.78 is 0. The Morgan fingerprint density at radius 3 is 2.17 bits per heavy atom. The van der Waals surface area contributed by atoms with Crippen LogP contribution in [0.1, 0.15) is 18.1 Å². The van der Waals surface area contributed by atoms with Gasteiger partial charge in [0.2, 0.25) is 5.91 Å². The smallest absolute Gasteiger partial charge is 0.268 e. The van der Waals surface area contributed by atoms with Crippen molar-refractivity contribution in [1.82, 2.24) is 21.1 Å². The van der Waals surface area contributed by atoms with Gasteiger partial charge in [-0.05, 0) is 66.4 Å². The number of aliphatic hydroxyl groups is 1. The van der Waals surface area contributed by atoms with Crippen LogP contribution in [0.25, 0.3) is 16.8 Å². The average molecular weight is 490 g/mol. The molecule has 0 aliphatic carbocycles. The zero-order chi connectivity index (χ0) is 25.9. The van der Waals surface area contributed by atoms with E-state index >= 15 is 0 Å². The van der Waals surface area contributed by atoms with Crippen LogP contribution in [0.15, 0.2) is 79.6 Å². The van der Waals surface area contributed by atoms with Gasteiger partial charge in [-0.25, -0.2) is 5.48 Å². The van der Waals surface area contributed by atoms with Gasteiger partial charge in [0.15, 0.2) is 0 Å². The Hall–Kier alpha value is -4.05. The third-order valence-corrected chi connectivity index (χ3v) is 5.57. The molecular formula is C27H31N5O4. The summed E-state index contributed by atoms with van der Waals surface area (Å²) in [5, 5.41) is 27.5. The van der Waals surface area contributed by atoms with E-state index in [-0.39, 0.29) is 12.5 Å². The van der Waals surface area contributed by atoms with Crippen LogP contribution in [0, 0.1) is 0 Å². The second-order valence-electron chi connectivity index (χ2n) is 8.30. The normalized spacial score (nSPS) is 12.3. The molecule has 1 aromatic heterocycles. The number of nitrogens with zero attached hydrogens (tertiary/aromatic N) is 1. The molecule has 2 atom stereocenters. The number of hydroxylamine groups is 1. The minimum atomic E-state index is -1.04. The number of benzene rings is 2. The molecule has 2 aromatic carbocycles. The molecule has 0 bridgehead atoms. The standard InChI is InChI=1S/C27H31N5O4/c1-18(30-26(19(2)33)27(35)32-36)21-3-5-22(6-4-21)23-7-9-24(10-8-23)31-25(34)17-29-16-13-20-11-14-28-15-12-20/h3-12,14-15,19,26,29-30,33,36H,1,13,16-17H2,2H3,(H,31,34)(H,32,35)/t19-,26+/m1/s1. The number of aliphatic hydroxyl groups excluding tert-OH is 1. The molecule has 0 unspecified atom stereocenters.